The molecule has 0 N–H and O–H groups in total. The van der Waals surface area contributed by atoms with Crippen molar-refractivity contribution in [3.05, 3.63) is 105 Å². The second-order valence-corrected chi connectivity index (χ2v) is 7.64. The average Bonchev–Trinajstić information content (AvgIpc) is 2.76. The minimum Gasteiger partial charge on any atom is -0.452 e. The molecule has 1 heterocycles. The van der Waals surface area contributed by atoms with Crippen molar-refractivity contribution in [2.24, 2.45) is 0 Å². The lowest BCUT2D eigenvalue weighted by molar-refractivity contribution is -0.129. The Balaban J connectivity index is 1.79. The fraction of sp³-hybridized carbons (Fsp3) is 0.0769. The van der Waals surface area contributed by atoms with E-state index in [0.29, 0.717) is 27.1 Å². The first kappa shape index (κ1) is 20.6. The zero-order valence-corrected chi connectivity index (χ0v) is 17.8. The van der Waals surface area contributed by atoms with Crippen molar-refractivity contribution in [2.75, 3.05) is 0 Å². The van der Waals surface area contributed by atoms with Crippen molar-refractivity contribution in [3.8, 4) is 17.1 Å². The van der Waals surface area contributed by atoms with E-state index in [9.17, 15) is 9.59 Å². The second kappa shape index (κ2) is 8.62. The molecule has 0 atom stereocenters. The Kier molecular flexibility index (Phi) is 5.74. The Morgan fingerprint density at radius 3 is 2.42 bits per heavy atom. The summed E-state index contributed by atoms with van der Waals surface area (Å²) >= 11 is 6.12. The molecule has 1 aromatic heterocycles. The minimum absolute atomic E-state index is 0.143. The SMILES string of the molecule is Cc1ccc(-c2oc3ccc(C)cc3c(=O)c2OC(=O)/C=C/c2ccccc2Cl)cc1. The van der Waals surface area contributed by atoms with Gasteiger partial charge in [0.25, 0.3) is 0 Å². The molecule has 4 aromatic rings. The molecule has 0 bridgehead atoms. The molecule has 4 nitrogen and oxygen atoms in total. The molecule has 31 heavy (non-hydrogen) atoms. The highest BCUT2D eigenvalue weighted by molar-refractivity contribution is 6.32. The van der Waals surface area contributed by atoms with Crippen molar-refractivity contribution >= 4 is 34.6 Å². The van der Waals surface area contributed by atoms with Crippen LogP contribution in [0.3, 0.4) is 0 Å². The Morgan fingerprint density at radius 1 is 0.968 bits per heavy atom. The van der Waals surface area contributed by atoms with Crippen molar-refractivity contribution in [2.45, 2.75) is 13.8 Å². The lowest BCUT2D eigenvalue weighted by Crippen LogP contribution is -2.14. The van der Waals surface area contributed by atoms with E-state index in [-0.39, 0.29) is 11.5 Å². The number of carbonyl (C=O) groups is 1. The summed E-state index contributed by atoms with van der Waals surface area (Å²) in [5.74, 6) is -0.635. The van der Waals surface area contributed by atoms with Crippen LogP contribution in [0.15, 0.2) is 82.0 Å². The number of fused-ring (bicyclic) bond motifs is 1. The molecule has 0 amide bonds. The van der Waals surface area contributed by atoms with Crippen LogP contribution < -0.4 is 10.2 Å². The van der Waals surface area contributed by atoms with Crippen LogP contribution in [0.4, 0.5) is 0 Å². The van der Waals surface area contributed by atoms with E-state index < -0.39 is 11.4 Å². The Hall–Kier alpha value is -3.63. The fourth-order valence-corrected chi connectivity index (χ4v) is 3.38. The average molecular weight is 431 g/mol. The zero-order chi connectivity index (χ0) is 22.0. The largest absolute Gasteiger partial charge is 0.452 e. The van der Waals surface area contributed by atoms with Crippen LogP contribution in [0.25, 0.3) is 28.4 Å². The van der Waals surface area contributed by atoms with Gasteiger partial charge in [0.05, 0.1) is 5.39 Å². The third kappa shape index (κ3) is 4.44. The second-order valence-electron chi connectivity index (χ2n) is 7.23. The zero-order valence-electron chi connectivity index (χ0n) is 17.0. The molecule has 4 rings (SSSR count). The summed E-state index contributed by atoms with van der Waals surface area (Å²) in [6, 6.07) is 19.9. The molecule has 0 spiro atoms. The first-order valence-electron chi connectivity index (χ1n) is 9.71. The molecule has 3 aromatic carbocycles. The molecule has 0 aliphatic carbocycles. The van der Waals surface area contributed by atoms with E-state index in [1.54, 1.807) is 36.4 Å². The third-order valence-electron chi connectivity index (χ3n) is 4.82. The van der Waals surface area contributed by atoms with Gasteiger partial charge in [-0.3, -0.25) is 4.79 Å². The molecular weight excluding hydrogens is 412 g/mol. The normalized spacial score (nSPS) is 11.2. The molecular formula is C26H19ClO4. The Labute approximate surface area is 184 Å². The number of aryl methyl sites for hydroxylation is 2. The highest BCUT2D eigenvalue weighted by Gasteiger charge is 2.20. The van der Waals surface area contributed by atoms with Crippen LogP contribution in [0.2, 0.25) is 5.02 Å². The maximum atomic E-state index is 13.2. The summed E-state index contributed by atoms with van der Waals surface area (Å²) in [5.41, 5.74) is 3.30. The van der Waals surface area contributed by atoms with Gasteiger partial charge in [-0.05, 0) is 43.7 Å². The maximum Gasteiger partial charge on any atom is 0.336 e. The van der Waals surface area contributed by atoms with E-state index >= 15 is 0 Å². The first-order valence-corrected chi connectivity index (χ1v) is 10.1. The van der Waals surface area contributed by atoms with Gasteiger partial charge in [0.15, 0.2) is 5.76 Å². The number of rotatable bonds is 4. The summed E-state index contributed by atoms with van der Waals surface area (Å²) in [7, 11) is 0. The smallest absolute Gasteiger partial charge is 0.336 e. The molecule has 5 heteroatoms. The van der Waals surface area contributed by atoms with Crippen LogP contribution in [0.5, 0.6) is 5.75 Å². The fourth-order valence-electron chi connectivity index (χ4n) is 3.18. The number of carbonyl (C=O) groups excluding carboxylic acids is 1. The van der Waals surface area contributed by atoms with Gasteiger partial charge < -0.3 is 9.15 Å². The molecule has 154 valence electrons. The first-order chi connectivity index (χ1) is 14.9. The predicted molar refractivity (Wildman–Crippen MR) is 124 cm³/mol. The van der Waals surface area contributed by atoms with Gasteiger partial charge in [0.1, 0.15) is 5.58 Å². The molecule has 0 saturated heterocycles. The van der Waals surface area contributed by atoms with Crippen molar-refractivity contribution in [1.29, 1.82) is 0 Å². The van der Waals surface area contributed by atoms with Gasteiger partial charge in [-0.1, -0.05) is 71.3 Å². The highest BCUT2D eigenvalue weighted by Crippen LogP contribution is 2.31. The standard InChI is InChI=1S/C26H19ClO4/c1-16-7-10-19(11-8-16)25-26(24(29)20-15-17(2)9-13-22(20)30-25)31-23(28)14-12-18-5-3-4-6-21(18)27/h3-15H,1-2H3/b14-12+. The molecule has 0 saturated carbocycles. The van der Waals surface area contributed by atoms with E-state index in [1.165, 1.54) is 6.08 Å². The van der Waals surface area contributed by atoms with Crippen LogP contribution in [-0.2, 0) is 4.79 Å². The number of halogens is 1. The minimum atomic E-state index is -0.701. The summed E-state index contributed by atoms with van der Waals surface area (Å²) in [5, 5.41) is 0.862. The molecule has 0 fully saturated rings. The number of hydrogen-bond acceptors (Lipinski definition) is 4. The number of esters is 1. The molecule has 0 aliphatic heterocycles. The van der Waals surface area contributed by atoms with Crippen LogP contribution in [0, 0.1) is 13.8 Å². The van der Waals surface area contributed by atoms with Crippen LogP contribution >= 0.6 is 11.6 Å². The highest BCUT2D eigenvalue weighted by atomic mass is 35.5. The maximum absolute atomic E-state index is 13.2. The van der Waals surface area contributed by atoms with E-state index in [4.69, 9.17) is 20.8 Å². The van der Waals surface area contributed by atoms with Crippen molar-refractivity contribution in [3.63, 3.8) is 0 Å². The van der Waals surface area contributed by atoms with E-state index in [2.05, 4.69) is 0 Å². The Bertz CT molecular complexity index is 1360. The van der Waals surface area contributed by atoms with Gasteiger partial charge in [-0.15, -0.1) is 0 Å². The van der Waals surface area contributed by atoms with Crippen LogP contribution in [-0.4, -0.2) is 5.97 Å². The van der Waals surface area contributed by atoms with E-state index in [0.717, 1.165) is 11.1 Å². The topological polar surface area (TPSA) is 56.5 Å². The molecule has 0 aliphatic rings. The lowest BCUT2D eigenvalue weighted by atomic mass is 10.1. The summed E-state index contributed by atoms with van der Waals surface area (Å²) in [4.78, 5) is 25.8. The van der Waals surface area contributed by atoms with Gasteiger partial charge in [0.2, 0.25) is 11.2 Å². The monoisotopic (exact) mass is 430 g/mol. The van der Waals surface area contributed by atoms with Crippen molar-refractivity contribution < 1.29 is 13.9 Å². The quantitative estimate of drug-likeness (QED) is 0.279. The van der Waals surface area contributed by atoms with Gasteiger partial charge >= 0.3 is 5.97 Å². The number of hydrogen-bond donors (Lipinski definition) is 0. The number of ether oxygens (including phenoxy) is 1. The Morgan fingerprint density at radius 2 is 1.68 bits per heavy atom. The molecule has 0 unspecified atom stereocenters. The third-order valence-corrected chi connectivity index (χ3v) is 5.17. The van der Waals surface area contributed by atoms with E-state index in [1.807, 2.05) is 50.2 Å². The van der Waals surface area contributed by atoms with Gasteiger partial charge in [-0.25, -0.2) is 4.79 Å². The molecule has 0 radical (unpaired) electrons. The predicted octanol–water partition coefficient (Wildman–Crippen LogP) is 6.35. The van der Waals surface area contributed by atoms with Gasteiger partial charge in [-0.2, -0.15) is 0 Å². The van der Waals surface area contributed by atoms with Crippen molar-refractivity contribution in [1.82, 2.24) is 0 Å². The summed E-state index contributed by atoms with van der Waals surface area (Å²) in [6.07, 6.45) is 2.78. The lowest BCUT2D eigenvalue weighted by Gasteiger charge is -2.10. The summed E-state index contributed by atoms with van der Waals surface area (Å²) < 4.78 is 11.5. The van der Waals surface area contributed by atoms with Gasteiger partial charge in [0, 0.05) is 16.7 Å². The van der Waals surface area contributed by atoms with Crippen LogP contribution in [0.1, 0.15) is 16.7 Å². The summed E-state index contributed by atoms with van der Waals surface area (Å²) in [6.45, 7) is 3.84. The number of benzene rings is 3.